The normalized spacial score (nSPS) is 19.7. The maximum absolute atomic E-state index is 12.8. The second kappa shape index (κ2) is 10.3. The summed E-state index contributed by atoms with van der Waals surface area (Å²) in [5, 5.41) is 42.5. The van der Waals surface area contributed by atoms with Crippen molar-refractivity contribution < 1.29 is 38.0 Å². The highest BCUT2D eigenvalue weighted by Crippen LogP contribution is 2.36. The Labute approximate surface area is 187 Å². The molecule has 0 radical (unpaired) electrons. The van der Waals surface area contributed by atoms with E-state index in [-0.39, 0.29) is 23.9 Å². The van der Waals surface area contributed by atoms with Gasteiger partial charge < -0.3 is 30.7 Å². The molecule has 5 N–H and O–H groups in total. The van der Waals surface area contributed by atoms with E-state index in [2.05, 4.69) is 20.8 Å². The summed E-state index contributed by atoms with van der Waals surface area (Å²) in [6, 6.07) is 3.79. The van der Waals surface area contributed by atoms with Crippen LogP contribution in [0.25, 0.3) is 11.3 Å². The Morgan fingerprint density at radius 3 is 2.64 bits per heavy atom. The van der Waals surface area contributed by atoms with Crippen LogP contribution in [-0.2, 0) is 15.7 Å². The van der Waals surface area contributed by atoms with Gasteiger partial charge in [0.25, 0.3) is 0 Å². The highest BCUT2D eigenvalue weighted by atomic mass is 19.4. The summed E-state index contributed by atoms with van der Waals surface area (Å²) in [5.41, 5.74) is 0.0624. The lowest BCUT2D eigenvalue weighted by molar-refractivity contribution is -0.150. The zero-order valence-corrected chi connectivity index (χ0v) is 17.8. The molecule has 0 bridgehead atoms. The molecule has 0 saturated carbocycles. The molecule has 3 atom stereocenters. The summed E-state index contributed by atoms with van der Waals surface area (Å²) < 4.78 is 43.4. The molecule has 12 heteroatoms. The van der Waals surface area contributed by atoms with Gasteiger partial charge in [-0.2, -0.15) is 13.2 Å². The number of carbonyl (C=O) groups is 1. The van der Waals surface area contributed by atoms with Crippen LogP contribution in [0.4, 0.5) is 19.0 Å². The fraction of sp³-hybridized carbons (Fsp3) is 0.476. The first-order valence-electron chi connectivity index (χ1n) is 10.3. The van der Waals surface area contributed by atoms with E-state index in [4.69, 9.17) is 9.84 Å². The smallest absolute Gasteiger partial charge is 0.416 e. The van der Waals surface area contributed by atoms with Gasteiger partial charge in [0.1, 0.15) is 30.3 Å². The van der Waals surface area contributed by atoms with E-state index in [1.165, 1.54) is 0 Å². The Morgan fingerprint density at radius 1 is 1.30 bits per heavy atom. The van der Waals surface area contributed by atoms with Crippen molar-refractivity contribution in [2.75, 3.05) is 25.1 Å². The largest absolute Gasteiger partial charge is 0.507 e. The summed E-state index contributed by atoms with van der Waals surface area (Å²) >= 11 is 0. The third kappa shape index (κ3) is 6.30. The van der Waals surface area contributed by atoms with Crippen molar-refractivity contribution in [2.24, 2.45) is 0 Å². The van der Waals surface area contributed by atoms with Crippen LogP contribution in [0, 0.1) is 6.92 Å². The van der Waals surface area contributed by atoms with Gasteiger partial charge in [-0.1, -0.05) is 0 Å². The van der Waals surface area contributed by atoms with Crippen molar-refractivity contribution in [3.63, 3.8) is 0 Å². The van der Waals surface area contributed by atoms with Gasteiger partial charge >= 0.3 is 12.1 Å². The van der Waals surface area contributed by atoms with E-state index in [1.807, 2.05) is 0 Å². The zero-order chi connectivity index (χ0) is 24.2. The number of aryl methyl sites for hydroxylation is 1. The van der Waals surface area contributed by atoms with E-state index >= 15 is 0 Å². The molecule has 1 aliphatic heterocycles. The Hall–Kier alpha value is -2.96. The minimum Gasteiger partial charge on any atom is -0.507 e. The Kier molecular flexibility index (Phi) is 7.72. The van der Waals surface area contributed by atoms with Crippen LogP contribution in [0.2, 0.25) is 0 Å². The van der Waals surface area contributed by atoms with Gasteiger partial charge in [-0.05, 0) is 49.6 Å². The molecule has 0 spiro atoms. The second-order valence-electron chi connectivity index (χ2n) is 7.84. The molecule has 33 heavy (non-hydrogen) atoms. The summed E-state index contributed by atoms with van der Waals surface area (Å²) in [6.45, 7) is 1.38. The Balaban J connectivity index is 1.59. The SMILES string of the molecule is Cc1cc(N[C@@H]2CC[C@@H](C(=O)OC[C@@H](O)CO)NC2)nnc1-c1ccc(C(F)(F)F)cc1O. The molecule has 0 unspecified atom stereocenters. The first kappa shape index (κ1) is 24.7. The van der Waals surface area contributed by atoms with Gasteiger partial charge in [0.2, 0.25) is 0 Å². The number of aliphatic hydroxyl groups is 2. The average molecular weight is 470 g/mol. The number of piperidine rings is 1. The number of aromatic nitrogens is 2. The van der Waals surface area contributed by atoms with Crippen molar-refractivity contribution >= 4 is 11.8 Å². The quantitative estimate of drug-likeness (QED) is 0.382. The molecule has 0 amide bonds. The number of carbonyl (C=O) groups excluding carboxylic acids is 1. The van der Waals surface area contributed by atoms with E-state index in [0.717, 1.165) is 12.1 Å². The highest BCUT2D eigenvalue weighted by Gasteiger charge is 2.31. The molecule has 1 saturated heterocycles. The molecule has 1 fully saturated rings. The number of benzene rings is 1. The summed E-state index contributed by atoms with van der Waals surface area (Å²) in [4.78, 5) is 12.0. The molecule has 180 valence electrons. The van der Waals surface area contributed by atoms with Crippen LogP contribution in [0.3, 0.4) is 0 Å². The standard InChI is InChI=1S/C21H25F3N4O5/c1-11-6-18(26-13-3-5-16(25-8-13)20(32)33-10-14(30)9-29)27-28-19(11)15-4-2-12(7-17(15)31)21(22,23)24/h2,4,6-7,13-14,16,25,29-31H,3,5,8-10H2,1H3,(H,26,27)/t13-,14+,16+/m1/s1. The third-order valence-electron chi connectivity index (χ3n) is 5.24. The number of nitrogens with zero attached hydrogens (tertiary/aromatic N) is 2. The van der Waals surface area contributed by atoms with Crippen molar-refractivity contribution in [2.45, 2.75) is 44.1 Å². The predicted octanol–water partition coefficient (Wildman–Crippen LogP) is 1.61. The average Bonchev–Trinajstić information content (AvgIpc) is 2.77. The number of hydrogen-bond acceptors (Lipinski definition) is 9. The van der Waals surface area contributed by atoms with Crippen molar-refractivity contribution in [3.05, 3.63) is 35.4 Å². The number of ether oxygens (including phenoxy) is 1. The second-order valence-corrected chi connectivity index (χ2v) is 7.84. The fourth-order valence-electron chi connectivity index (χ4n) is 3.45. The number of alkyl halides is 3. The maximum Gasteiger partial charge on any atom is 0.416 e. The summed E-state index contributed by atoms with van der Waals surface area (Å²) in [6.07, 6.45) is -4.57. The Morgan fingerprint density at radius 2 is 2.06 bits per heavy atom. The molecule has 9 nitrogen and oxygen atoms in total. The van der Waals surface area contributed by atoms with Gasteiger partial charge in [-0.25, -0.2) is 0 Å². The molecule has 2 aromatic rings. The molecule has 2 heterocycles. The van der Waals surface area contributed by atoms with Gasteiger partial charge in [0.05, 0.1) is 17.9 Å². The van der Waals surface area contributed by atoms with E-state index < -0.39 is 42.2 Å². The topological polar surface area (TPSA) is 137 Å². The van der Waals surface area contributed by atoms with Crippen LogP contribution >= 0.6 is 0 Å². The lowest BCUT2D eigenvalue weighted by Gasteiger charge is -2.29. The number of nitrogens with one attached hydrogen (secondary N) is 2. The van der Waals surface area contributed by atoms with Crippen molar-refractivity contribution in [1.29, 1.82) is 0 Å². The lowest BCUT2D eigenvalue weighted by Crippen LogP contribution is -2.49. The van der Waals surface area contributed by atoms with Crippen LogP contribution < -0.4 is 10.6 Å². The molecule has 1 aromatic carbocycles. The molecular weight excluding hydrogens is 445 g/mol. The number of phenols is 1. The predicted molar refractivity (Wildman–Crippen MR) is 111 cm³/mol. The minimum atomic E-state index is -4.56. The van der Waals surface area contributed by atoms with E-state index in [1.54, 1.807) is 13.0 Å². The number of hydrogen-bond donors (Lipinski definition) is 5. The molecule has 1 aliphatic rings. The third-order valence-corrected chi connectivity index (χ3v) is 5.24. The number of phenolic OH excluding ortho intramolecular Hbond substituents is 1. The van der Waals surface area contributed by atoms with Crippen LogP contribution in [0.1, 0.15) is 24.0 Å². The number of esters is 1. The van der Waals surface area contributed by atoms with E-state index in [0.29, 0.717) is 36.8 Å². The highest BCUT2D eigenvalue weighted by molar-refractivity contribution is 5.76. The van der Waals surface area contributed by atoms with Gasteiger partial charge in [0.15, 0.2) is 0 Å². The van der Waals surface area contributed by atoms with Crippen LogP contribution in [0.5, 0.6) is 5.75 Å². The summed E-state index contributed by atoms with van der Waals surface area (Å²) in [5.74, 6) is -0.595. The molecule has 1 aromatic heterocycles. The fourth-order valence-corrected chi connectivity index (χ4v) is 3.45. The molecular formula is C21H25F3N4O5. The summed E-state index contributed by atoms with van der Waals surface area (Å²) in [7, 11) is 0. The van der Waals surface area contributed by atoms with Crippen LogP contribution in [-0.4, -0.2) is 69.4 Å². The number of halogens is 3. The van der Waals surface area contributed by atoms with Gasteiger partial charge in [-0.3, -0.25) is 4.79 Å². The lowest BCUT2D eigenvalue weighted by atomic mass is 10.0. The molecule has 0 aliphatic carbocycles. The first-order valence-corrected chi connectivity index (χ1v) is 10.3. The maximum atomic E-state index is 12.8. The monoisotopic (exact) mass is 470 g/mol. The number of rotatable bonds is 7. The number of anilines is 1. The molecule has 3 rings (SSSR count). The van der Waals surface area contributed by atoms with Crippen molar-refractivity contribution in [1.82, 2.24) is 15.5 Å². The van der Waals surface area contributed by atoms with Crippen molar-refractivity contribution in [3.8, 4) is 17.0 Å². The van der Waals surface area contributed by atoms with Gasteiger partial charge in [0, 0.05) is 18.2 Å². The zero-order valence-electron chi connectivity index (χ0n) is 17.8. The van der Waals surface area contributed by atoms with Crippen LogP contribution in [0.15, 0.2) is 24.3 Å². The minimum absolute atomic E-state index is 0.0592. The number of aromatic hydroxyl groups is 1. The van der Waals surface area contributed by atoms with Gasteiger partial charge in [-0.15, -0.1) is 10.2 Å². The Bertz CT molecular complexity index is 981. The van der Waals surface area contributed by atoms with E-state index in [9.17, 15) is 28.2 Å². The first-order chi connectivity index (χ1) is 15.6. The number of aliphatic hydroxyl groups excluding tert-OH is 2.